The Morgan fingerprint density at radius 3 is 1.26 bits per heavy atom. The molecule has 0 aromatic carbocycles. The molecule has 5 unspecified atom stereocenters. The van der Waals surface area contributed by atoms with E-state index in [1.807, 2.05) is 20.8 Å². The Kier molecular flexibility index (Phi) is 35.5. The third-order valence-corrected chi connectivity index (χ3v) is 15.5. The number of hydrogen-bond donors (Lipinski definition) is 16. The van der Waals surface area contributed by atoms with Gasteiger partial charge in [-0.25, -0.2) is 0 Å². The molecule has 34 heteroatoms. The summed E-state index contributed by atoms with van der Waals surface area (Å²) < 4.78 is 56.9. The van der Waals surface area contributed by atoms with E-state index in [2.05, 4.69) is 42.5 Å². The molecule has 530 valence electrons. The Labute approximate surface area is 535 Å². The van der Waals surface area contributed by atoms with Gasteiger partial charge in [0.2, 0.25) is 47.3 Å². The van der Waals surface area contributed by atoms with Crippen LogP contribution in [0.3, 0.4) is 0 Å². The molecule has 4 fully saturated rings. The van der Waals surface area contributed by atoms with Crippen LogP contribution in [-0.4, -0.2) is 297 Å². The lowest BCUT2D eigenvalue weighted by Crippen LogP contribution is -2.64. The normalized spacial score (nSPS) is 29.8. The van der Waals surface area contributed by atoms with Gasteiger partial charge in [-0.05, 0) is 59.3 Å². The van der Waals surface area contributed by atoms with Crippen LogP contribution in [0.2, 0.25) is 0 Å². The Hall–Kier alpha value is -4.96. The summed E-state index contributed by atoms with van der Waals surface area (Å²) in [6.45, 7) is 8.76. The summed E-state index contributed by atoms with van der Waals surface area (Å²) in [4.78, 5) is 104. The third-order valence-electron chi connectivity index (χ3n) is 15.5. The largest absolute Gasteiger partial charge is 0.394 e. The van der Waals surface area contributed by atoms with Crippen LogP contribution in [0, 0.1) is 11.8 Å². The Morgan fingerprint density at radius 1 is 0.478 bits per heavy atom. The third kappa shape index (κ3) is 27.4. The van der Waals surface area contributed by atoms with Crippen LogP contribution in [0.5, 0.6) is 0 Å². The van der Waals surface area contributed by atoms with Gasteiger partial charge in [0, 0.05) is 65.1 Å². The molecule has 1 saturated carbocycles. The summed E-state index contributed by atoms with van der Waals surface area (Å²) in [5, 5.41) is 102. The number of carbonyl (C=O) groups is 8. The quantitative estimate of drug-likeness (QED) is 0.0255. The Balaban J connectivity index is 1.35. The molecule has 92 heavy (non-hydrogen) atoms. The number of nitrogens with one attached hydrogen (secondary N) is 8. The van der Waals surface area contributed by atoms with E-state index in [0.717, 1.165) is 0 Å². The summed E-state index contributed by atoms with van der Waals surface area (Å²) >= 11 is 0. The fraction of sp³-hybridized carbons (Fsp3) is 0.862. The van der Waals surface area contributed by atoms with E-state index >= 15 is 0 Å². The van der Waals surface area contributed by atoms with Crippen molar-refractivity contribution >= 4 is 47.3 Å². The molecule has 3 aliphatic heterocycles. The lowest BCUT2D eigenvalue weighted by molar-refractivity contribution is -0.272. The van der Waals surface area contributed by atoms with Gasteiger partial charge in [-0.3, -0.25) is 38.4 Å². The van der Waals surface area contributed by atoms with Crippen molar-refractivity contribution < 1.29 is 127 Å². The molecule has 3 heterocycles. The van der Waals surface area contributed by atoms with Crippen LogP contribution in [0.15, 0.2) is 0 Å². The van der Waals surface area contributed by atoms with Crippen molar-refractivity contribution in [3.63, 3.8) is 0 Å². The van der Waals surface area contributed by atoms with E-state index in [9.17, 15) is 79.2 Å². The molecule has 0 aromatic rings. The maximum atomic E-state index is 13.8. The van der Waals surface area contributed by atoms with Crippen molar-refractivity contribution in [1.29, 1.82) is 0 Å². The monoisotopic (exact) mass is 1330 g/mol. The fourth-order valence-corrected chi connectivity index (χ4v) is 10.7. The number of carbonyl (C=O) groups excluding carboxylic acids is 8. The Bertz CT molecular complexity index is 2270. The molecule has 1 aliphatic carbocycles. The second-order valence-electron chi connectivity index (χ2n) is 24.0. The molecular formula is C58H102N8O26. The highest BCUT2D eigenvalue weighted by atomic mass is 16.7. The molecule has 0 aromatic heterocycles. The van der Waals surface area contributed by atoms with E-state index in [4.69, 9.17) is 47.4 Å². The molecule has 0 radical (unpaired) electrons. The highest BCUT2D eigenvalue weighted by Gasteiger charge is 2.48. The summed E-state index contributed by atoms with van der Waals surface area (Å²) in [7, 11) is 0. The number of aliphatic hydroxyl groups excluding tert-OH is 8. The minimum absolute atomic E-state index is 0.0122. The number of rotatable bonds is 39. The van der Waals surface area contributed by atoms with Crippen molar-refractivity contribution in [3.8, 4) is 0 Å². The molecule has 3 saturated heterocycles. The first-order chi connectivity index (χ1) is 43.7. The van der Waals surface area contributed by atoms with Crippen LogP contribution >= 0.6 is 0 Å². The Morgan fingerprint density at radius 2 is 0.859 bits per heavy atom. The topological polar surface area (TPSA) is 487 Å². The van der Waals surface area contributed by atoms with E-state index in [1.54, 1.807) is 6.92 Å². The van der Waals surface area contributed by atoms with Gasteiger partial charge in [0.05, 0.1) is 103 Å². The van der Waals surface area contributed by atoms with E-state index in [0.29, 0.717) is 25.7 Å². The molecule has 34 nitrogen and oxygen atoms in total. The van der Waals surface area contributed by atoms with E-state index in [1.165, 1.54) is 20.8 Å². The average molecular weight is 1330 g/mol. The van der Waals surface area contributed by atoms with Crippen LogP contribution in [0.25, 0.3) is 0 Å². The molecule has 17 atom stereocenters. The average Bonchev–Trinajstić information content (AvgIpc) is 0.846. The van der Waals surface area contributed by atoms with Crippen molar-refractivity contribution in [2.75, 3.05) is 98.9 Å². The second kappa shape index (κ2) is 41.1. The molecule has 0 spiro atoms. The van der Waals surface area contributed by atoms with Gasteiger partial charge < -0.3 is 131 Å². The zero-order valence-electron chi connectivity index (χ0n) is 53.7. The smallest absolute Gasteiger partial charge is 0.242 e. The predicted molar refractivity (Wildman–Crippen MR) is 318 cm³/mol. The zero-order valence-corrected chi connectivity index (χ0v) is 53.7. The standard InChI is InChI=1S/C58H102N8O26/c1-31-39(28-67)89-55(44(47(31)75)62-32(2)70)86-25-22-83-19-16-59-42(73)14-12-37(53(81)60-17-20-84-23-26-87-56-45(63-33(3)71)50(78)48(76)40(29-68)90-56)65-43(74)15-13-38(66-52(80)35-8-10-36(11-9-35)92-58(5,6)7)54(82)61-18-21-85-24-27-88-57-46(64-34(4)72)51(79)49(77)41(30-69)91-57/h31,35-41,44-51,55-57,67-69,75-79H,8-30H2,1-7H3,(H,59,73)(H,60,81)(H,61,82)(H,62,70)(H,63,71)(H,64,72)(H,65,74)(H,66,80)/t31-,35?,36?,37?,38?,39+,40+,41+,44+,45+,46+,47-,48-,49-,50+,51+,55?,56?,57?/m0/s1. The predicted octanol–water partition coefficient (Wildman–Crippen LogP) is -6.56. The number of hydrogen-bond acceptors (Lipinski definition) is 26. The maximum absolute atomic E-state index is 13.8. The number of ether oxygens (including phenoxy) is 10. The zero-order chi connectivity index (χ0) is 68.1. The summed E-state index contributed by atoms with van der Waals surface area (Å²) in [6.07, 6.45) is -12.9. The van der Waals surface area contributed by atoms with E-state index in [-0.39, 0.29) is 117 Å². The van der Waals surface area contributed by atoms with E-state index < -0.39 is 176 Å². The van der Waals surface area contributed by atoms with Gasteiger partial charge >= 0.3 is 0 Å². The van der Waals surface area contributed by atoms with Crippen LogP contribution < -0.4 is 42.5 Å². The molecule has 4 rings (SSSR count). The van der Waals surface area contributed by atoms with Gasteiger partial charge in [0.1, 0.15) is 66.8 Å². The summed E-state index contributed by atoms with van der Waals surface area (Å²) in [5.41, 5.74) is -0.391. The maximum Gasteiger partial charge on any atom is 0.242 e. The van der Waals surface area contributed by atoms with Gasteiger partial charge in [0.25, 0.3) is 0 Å². The summed E-state index contributed by atoms with van der Waals surface area (Å²) in [5.74, 6) is -5.44. The highest BCUT2D eigenvalue weighted by Crippen LogP contribution is 2.30. The van der Waals surface area contributed by atoms with Crippen LogP contribution in [0.1, 0.15) is 99.8 Å². The van der Waals surface area contributed by atoms with Crippen LogP contribution in [0.4, 0.5) is 0 Å². The number of amides is 8. The van der Waals surface area contributed by atoms with Gasteiger partial charge in [-0.15, -0.1) is 0 Å². The van der Waals surface area contributed by atoms with Crippen molar-refractivity contribution in [2.24, 2.45) is 11.8 Å². The van der Waals surface area contributed by atoms with Crippen molar-refractivity contribution in [2.45, 2.75) is 209 Å². The molecule has 8 amide bonds. The molecule has 0 bridgehead atoms. The highest BCUT2D eigenvalue weighted by molar-refractivity contribution is 5.90. The van der Waals surface area contributed by atoms with Gasteiger partial charge in [0.15, 0.2) is 18.9 Å². The first kappa shape index (κ1) is 79.5. The first-order valence-electron chi connectivity index (χ1n) is 31.4. The SMILES string of the molecule is CC(=O)N[C@H]1C(OCCOCCNC(=O)CCC(NC(=O)CCC(NC(=O)C2CCC(OC(C)(C)C)CC2)C(=O)NCCOCCOC2O[C@H](CO)[C@H](O)[C@H](O)[C@H]2NC(C)=O)C(=O)NCCOCCOC2O[C@H](CO)[C@H](O)[C@H](O)[C@H]2NC(C)=O)O[C@H](CO)[C@H](C)[C@@H]1O. The van der Waals surface area contributed by atoms with Crippen molar-refractivity contribution in [3.05, 3.63) is 0 Å². The molecule has 4 aliphatic rings. The fourth-order valence-electron chi connectivity index (χ4n) is 10.7. The van der Waals surface area contributed by atoms with Gasteiger partial charge in [-0.1, -0.05) is 6.92 Å². The van der Waals surface area contributed by atoms with Crippen molar-refractivity contribution in [1.82, 2.24) is 42.5 Å². The lowest BCUT2D eigenvalue weighted by Gasteiger charge is -2.43. The van der Waals surface area contributed by atoms with Gasteiger partial charge in [-0.2, -0.15) is 0 Å². The molecule has 16 N–H and O–H groups in total. The first-order valence-corrected chi connectivity index (χ1v) is 31.4. The van der Waals surface area contributed by atoms with Crippen LogP contribution in [-0.2, 0) is 85.7 Å². The molecular weight excluding hydrogens is 1220 g/mol. The second-order valence-corrected chi connectivity index (χ2v) is 24.0. The lowest BCUT2D eigenvalue weighted by atomic mass is 9.86. The number of aliphatic hydroxyl groups is 8. The minimum atomic E-state index is -1.53. The summed E-state index contributed by atoms with van der Waals surface area (Å²) in [6, 6.07) is -5.81. The minimum Gasteiger partial charge on any atom is -0.394 e.